The number of para-hydroxylation sites is 1. The zero-order chi connectivity index (χ0) is 22.3. The number of amides is 2. The zero-order valence-corrected chi connectivity index (χ0v) is 19.3. The Morgan fingerprint density at radius 3 is 2.27 bits per heavy atom. The van der Waals surface area contributed by atoms with Crippen molar-refractivity contribution in [2.75, 3.05) is 6.61 Å². The first-order valence-electron chi connectivity index (χ1n) is 9.84. The Kier molecular flexibility index (Phi) is 8.56. The van der Waals surface area contributed by atoms with E-state index in [2.05, 4.69) is 5.32 Å². The summed E-state index contributed by atoms with van der Waals surface area (Å²) >= 11 is 12.1. The van der Waals surface area contributed by atoms with Gasteiger partial charge in [0.25, 0.3) is 5.91 Å². The number of hydrogen-bond acceptors (Lipinski definition) is 3. The summed E-state index contributed by atoms with van der Waals surface area (Å²) in [7, 11) is 0. The lowest BCUT2D eigenvalue weighted by molar-refractivity contribution is -0.143. The standard InChI is InChI=1S/C23H28Cl2N2O3/c1-5-19(22(29)26-23(2,3)4)27(14-16-10-12-17(24)13-11-16)21(28)15-30-20-9-7-6-8-18(20)25/h6-13,19H,5,14-15H2,1-4H3,(H,26,29). The van der Waals surface area contributed by atoms with Crippen LogP contribution in [0.3, 0.4) is 0 Å². The van der Waals surface area contributed by atoms with Crippen molar-refractivity contribution in [2.24, 2.45) is 0 Å². The number of nitrogens with one attached hydrogen (secondary N) is 1. The van der Waals surface area contributed by atoms with Crippen LogP contribution in [0, 0.1) is 0 Å². The maximum Gasteiger partial charge on any atom is 0.261 e. The molecule has 0 spiro atoms. The lowest BCUT2D eigenvalue weighted by Crippen LogP contribution is -2.54. The van der Waals surface area contributed by atoms with Gasteiger partial charge in [-0.2, -0.15) is 0 Å². The van der Waals surface area contributed by atoms with Gasteiger partial charge in [-0.05, 0) is 57.0 Å². The molecule has 2 aromatic rings. The summed E-state index contributed by atoms with van der Waals surface area (Å²) in [5.41, 5.74) is 0.459. The number of benzene rings is 2. The summed E-state index contributed by atoms with van der Waals surface area (Å²) in [6.45, 7) is 7.63. The number of carbonyl (C=O) groups excluding carboxylic acids is 2. The second kappa shape index (κ2) is 10.7. The van der Waals surface area contributed by atoms with Crippen LogP contribution < -0.4 is 10.1 Å². The molecule has 0 aliphatic carbocycles. The van der Waals surface area contributed by atoms with Crippen LogP contribution in [-0.4, -0.2) is 34.9 Å². The Balaban J connectivity index is 2.24. The van der Waals surface area contributed by atoms with Crippen molar-refractivity contribution in [2.45, 2.75) is 52.2 Å². The molecule has 0 aliphatic rings. The van der Waals surface area contributed by atoms with Crippen molar-refractivity contribution in [3.05, 3.63) is 64.1 Å². The smallest absolute Gasteiger partial charge is 0.261 e. The third-order valence-electron chi connectivity index (χ3n) is 4.34. The lowest BCUT2D eigenvalue weighted by Gasteiger charge is -2.33. The van der Waals surface area contributed by atoms with Crippen LogP contribution in [0.25, 0.3) is 0 Å². The summed E-state index contributed by atoms with van der Waals surface area (Å²) in [5.74, 6) is -0.0861. The molecular weight excluding hydrogens is 423 g/mol. The molecule has 0 saturated carbocycles. The van der Waals surface area contributed by atoms with Gasteiger partial charge in [-0.3, -0.25) is 9.59 Å². The summed E-state index contributed by atoms with van der Waals surface area (Å²) in [6.07, 6.45) is 0.466. The van der Waals surface area contributed by atoms with Gasteiger partial charge in [0.2, 0.25) is 5.91 Å². The molecular formula is C23H28Cl2N2O3. The third kappa shape index (κ3) is 7.22. The van der Waals surface area contributed by atoms with E-state index in [4.69, 9.17) is 27.9 Å². The van der Waals surface area contributed by atoms with Gasteiger partial charge in [0, 0.05) is 17.1 Å². The van der Waals surface area contributed by atoms with Crippen molar-refractivity contribution in [1.29, 1.82) is 0 Å². The number of halogens is 2. The van der Waals surface area contributed by atoms with Crippen molar-refractivity contribution in [3.8, 4) is 5.75 Å². The third-order valence-corrected chi connectivity index (χ3v) is 4.90. The molecule has 5 nitrogen and oxygen atoms in total. The van der Waals surface area contributed by atoms with E-state index < -0.39 is 11.6 Å². The normalized spacial score (nSPS) is 12.2. The molecule has 0 heterocycles. The van der Waals surface area contributed by atoms with Crippen molar-refractivity contribution in [3.63, 3.8) is 0 Å². The molecule has 2 aromatic carbocycles. The van der Waals surface area contributed by atoms with Crippen LogP contribution >= 0.6 is 23.2 Å². The fourth-order valence-corrected chi connectivity index (χ4v) is 3.26. The molecule has 30 heavy (non-hydrogen) atoms. The molecule has 2 rings (SSSR count). The van der Waals surface area contributed by atoms with Crippen molar-refractivity contribution in [1.82, 2.24) is 10.2 Å². The van der Waals surface area contributed by atoms with Gasteiger partial charge in [-0.1, -0.05) is 54.4 Å². The summed E-state index contributed by atoms with van der Waals surface area (Å²) in [5, 5.41) is 4.00. The fourth-order valence-electron chi connectivity index (χ4n) is 2.94. The highest BCUT2D eigenvalue weighted by Crippen LogP contribution is 2.23. The van der Waals surface area contributed by atoms with Gasteiger partial charge in [0.15, 0.2) is 6.61 Å². The van der Waals surface area contributed by atoms with Crippen LogP contribution in [0.4, 0.5) is 0 Å². The van der Waals surface area contributed by atoms with Crippen LogP contribution in [0.5, 0.6) is 5.75 Å². The van der Waals surface area contributed by atoms with E-state index in [0.717, 1.165) is 5.56 Å². The van der Waals surface area contributed by atoms with Crippen molar-refractivity contribution < 1.29 is 14.3 Å². The molecule has 0 saturated heterocycles. The first kappa shape index (κ1) is 24.0. The number of rotatable bonds is 8. The number of hydrogen-bond donors (Lipinski definition) is 1. The Labute approximate surface area is 188 Å². The second-order valence-electron chi connectivity index (χ2n) is 8.03. The van der Waals surface area contributed by atoms with Crippen LogP contribution in [0.2, 0.25) is 10.0 Å². The van der Waals surface area contributed by atoms with Gasteiger partial charge in [0.05, 0.1) is 5.02 Å². The van der Waals surface area contributed by atoms with E-state index in [1.54, 1.807) is 41.3 Å². The molecule has 0 aliphatic heterocycles. The highest BCUT2D eigenvalue weighted by Gasteiger charge is 2.31. The average Bonchev–Trinajstić information content (AvgIpc) is 2.67. The zero-order valence-electron chi connectivity index (χ0n) is 17.7. The molecule has 0 aromatic heterocycles. The van der Waals surface area contributed by atoms with Gasteiger partial charge in [0.1, 0.15) is 11.8 Å². The molecule has 1 unspecified atom stereocenters. The van der Waals surface area contributed by atoms with Gasteiger partial charge < -0.3 is 15.0 Å². The maximum atomic E-state index is 13.1. The molecule has 7 heteroatoms. The quantitative estimate of drug-likeness (QED) is 0.608. The Bertz CT molecular complexity index is 863. The van der Waals surface area contributed by atoms with E-state index in [0.29, 0.717) is 22.2 Å². The summed E-state index contributed by atoms with van der Waals surface area (Å²) < 4.78 is 5.64. The van der Waals surface area contributed by atoms with Gasteiger partial charge >= 0.3 is 0 Å². The lowest BCUT2D eigenvalue weighted by atomic mass is 10.1. The van der Waals surface area contributed by atoms with Crippen LogP contribution in [0.1, 0.15) is 39.7 Å². The Morgan fingerprint density at radius 1 is 1.07 bits per heavy atom. The molecule has 2 amide bonds. The molecule has 1 atom stereocenters. The Hall–Kier alpha value is -2.24. The van der Waals surface area contributed by atoms with Crippen LogP contribution in [0.15, 0.2) is 48.5 Å². The highest BCUT2D eigenvalue weighted by atomic mass is 35.5. The average molecular weight is 451 g/mol. The first-order chi connectivity index (χ1) is 14.1. The highest BCUT2D eigenvalue weighted by molar-refractivity contribution is 6.32. The van der Waals surface area contributed by atoms with E-state index in [9.17, 15) is 9.59 Å². The summed E-state index contributed by atoms with van der Waals surface area (Å²) in [6, 6.07) is 13.5. The SMILES string of the molecule is CCC(C(=O)NC(C)(C)C)N(Cc1ccc(Cl)cc1)C(=O)COc1ccccc1Cl. The predicted molar refractivity (Wildman–Crippen MR) is 121 cm³/mol. The maximum absolute atomic E-state index is 13.1. The topological polar surface area (TPSA) is 58.6 Å². The molecule has 0 radical (unpaired) electrons. The summed E-state index contributed by atoms with van der Waals surface area (Å²) in [4.78, 5) is 27.6. The van der Waals surface area contributed by atoms with E-state index in [1.807, 2.05) is 39.8 Å². The van der Waals surface area contributed by atoms with Crippen LogP contribution in [-0.2, 0) is 16.1 Å². The fraction of sp³-hybridized carbons (Fsp3) is 0.391. The monoisotopic (exact) mass is 450 g/mol. The number of carbonyl (C=O) groups is 2. The largest absolute Gasteiger partial charge is 0.482 e. The molecule has 0 fully saturated rings. The number of nitrogens with zero attached hydrogens (tertiary/aromatic N) is 1. The molecule has 0 bridgehead atoms. The van der Waals surface area contributed by atoms with Gasteiger partial charge in [-0.15, -0.1) is 0 Å². The van der Waals surface area contributed by atoms with E-state index in [-0.39, 0.29) is 25.0 Å². The van der Waals surface area contributed by atoms with Gasteiger partial charge in [-0.25, -0.2) is 0 Å². The van der Waals surface area contributed by atoms with E-state index >= 15 is 0 Å². The van der Waals surface area contributed by atoms with E-state index in [1.165, 1.54) is 0 Å². The Morgan fingerprint density at radius 2 is 1.70 bits per heavy atom. The minimum atomic E-state index is -0.637. The minimum Gasteiger partial charge on any atom is -0.482 e. The van der Waals surface area contributed by atoms with Crippen molar-refractivity contribution >= 4 is 35.0 Å². The minimum absolute atomic E-state index is 0.204. The second-order valence-corrected chi connectivity index (χ2v) is 8.87. The molecule has 162 valence electrons. The number of ether oxygens (including phenoxy) is 1. The molecule has 1 N–H and O–H groups in total. The predicted octanol–water partition coefficient (Wildman–Crippen LogP) is 5.09. The first-order valence-corrected chi connectivity index (χ1v) is 10.6.